The van der Waals surface area contributed by atoms with E-state index in [0.29, 0.717) is 21.2 Å². The summed E-state index contributed by atoms with van der Waals surface area (Å²) in [4.78, 5) is 0. The van der Waals surface area contributed by atoms with Crippen LogP contribution in [0.25, 0.3) is 11.1 Å². The molecule has 0 spiro atoms. The molecule has 2 rings (SSSR count). The van der Waals surface area contributed by atoms with Gasteiger partial charge in [-0.15, -0.1) is 0 Å². The number of halogens is 3. The summed E-state index contributed by atoms with van der Waals surface area (Å²) in [6.45, 7) is 0. The van der Waals surface area contributed by atoms with Crippen LogP contribution in [0.2, 0.25) is 10.0 Å². The zero-order chi connectivity index (χ0) is 11.7. The second kappa shape index (κ2) is 4.32. The first-order valence-corrected chi connectivity index (χ1v) is 5.34. The minimum atomic E-state index is -0.435. The first kappa shape index (κ1) is 11.2. The summed E-state index contributed by atoms with van der Waals surface area (Å²) >= 11 is 11.8. The third kappa shape index (κ3) is 1.99. The van der Waals surface area contributed by atoms with Gasteiger partial charge in [0.2, 0.25) is 0 Å². The van der Waals surface area contributed by atoms with E-state index in [9.17, 15) is 4.39 Å². The van der Waals surface area contributed by atoms with Crippen molar-refractivity contribution in [1.29, 1.82) is 0 Å². The van der Waals surface area contributed by atoms with Gasteiger partial charge < -0.3 is 5.73 Å². The van der Waals surface area contributed by atoms with Crippen LogP contribution in [-0.2, 0) is 0 Å². The average molecular weight is 256 g/mol. The van der Waals surface area contributed by atoms with Crippen molar-refractivity contribution in [3.05, 3.63) is 52.3 Å². The van der Waals surface area contributed by atoms with Gasteiger partial charge in [-0.2, -0.15) is 0 Å². The zero-order valence-corrected chi connectivity index (χ0v) is 9.69. The summed E-state index contributed by atoms with van der Waals surface area (Å²) in [6.07, 6.45) is 0. The second-order valence-electron chi connectivity index (χ2n) is 3.33. The maximum Gasteiger partial charge on any atom is 0.133 e. The molecule has 1 nitrogen and oxygen atoms in total. The summed E-state index contributed by atoms with van der Waals surface area (Å²) in [5, 5.41) is 0.790. The fourth-order valence-corrected chi connectivity index (χ4v) is 1.85. The third-order valence-corrected chi connectivity index (χ3v) is 2.91. The number of benzene rings is 2. The van der Waals surface area contributed by atoms with E-state index in [-0.39, 0.29) is 5.69 Å². The van der Waals surface area contributed by atoms with Crippen LogP contribution < -0.4 is 5.73 Å². The first-order valence-electron chi connectivity index (χ1n) is 4.59. The number of hydrogen-bond acceptors (Lipinski definition) is 1. The lowest BCUT2D eigenvalue weighted by molar-refractivity contribution is 0.632. The monoisotopic (exact) mass is 255 g/mol. The van der Waals surface area contributed by atoms with Crippen molar-refractivity contribution in [2.24, 2.45) is 0 Å². The van der Waals surface area contributed by atoms with Crippen molar-refractivity contribution in [3.63, 3.8) is 0 Å². The maximum absolute atomic E-state index is 13.7. The minimum absolute atomic E-state index is 0.218. The Balaban J connectivity index is 2.65. The smallest absolute Gasteiger partial charge is 0.133 e. The third-order valence-electron chi connectivity index (χ3n) is 2.25. The van der Waals surface area contributed by atoms with Gasteiger partial charge in [-0.1, -0.05) is 41.4 Å². The fraction of sp³-hybridized carbons (Fsp3) is 0. The molecule has 0 atom stereocenters. The highest BCUT2D eigenvalue weighted by Crippen LogP contribution is 2.33. The Morgan fingerprint density at radius 2 is 1.62 bits per heavy atom. The lowest BCUT2D eigenvalue weighted by atomic mass is 10.0. The molecule has 0 aliphatic heterocycles. The van der Waals surface area contributed by atoms with Crippen LogP contribution in [-0.4, -0.2) is 0 Å². The standard InChI is InChI=1S/C12H8Cl2FN/c13-9-4-2-1-3-7(9)8-5-10(14)12(16)6-11(8)15/h1-6H,16H2. The number of nitrogens with two attached hydrogens (primary N) is 1. The summed E-state index contributed by atoms with van der Waals surface area (Å²) in [7, 11) is 0. The highest BCUT2D eigenvalue weighted by molar-refractivity contribution is 6.34. The second-order valence-corrected chi connectivity index (χ2v) is 4.15. The van der Waals surface area contributed by atoms with Crippen LogP contribution >= 0.6 is 23.2 Å². The van der Waals surface area contributed by atoms with E-state index < -0.39 is 5.82 Å². The van der Waals surface area contributed by atoms with Gasteiger partial charge >= 0.3 is 0 Å². The number of nitrogen functional groups attached to an aromatic ring is 1. The van der Waals surface area contributed by atoms with E-state index in [4.69, 9.17) is 28.9 Å². The maximum atomic E-state index is 13.7. The zero-order valence-electron chi connectivity index (χ0n) is 8.18. The predicted octanol–water partition coefficient (Wildman–Crippen LogP) is 4.38. The van der Waals surface area contributed by atoms with Gasteiger partial charge in [0, 0.05) is 16.1 Å². The molecule has 0 saturated carbocycles. The molecule has 4 heteroatoms. The summed E-state index contributed by atoms with van der Waals surface area (Å²) < 4.78 is 13.7. The molecule has 0 radical (unpaired) electrons. The van der Waals surface area contributed by atoms with E-state index in [1.807, 2.05) is 0 Å². The number of rotatable bonds is 1. The Bertz CT molecular complexity index is 541. The topological polar surface area (TPSA) is 26.0 Å². The van der Waals surface area contributed by atoms with Gasteiger partial charge in [0.15, 0.2) is 0 Å². The van der Waals surface area contributed by atoms with Crippen molar-refractivity contribution >= 4 is 28.9 Å². The molecule has 2 aromatic rings. The average Bonchev–Trinajstić information content (AvgIpc) is 2.25. The molecule has 0 saturated heterocycles. The van der Waals surface area contributed by atoms with Crippen LogP contribution in [0, 0.1) is 5.82 Å². The van der Waals surface area contributed by atoms with Gasteiger partial charge in [-0.3, -0.25) is 0 Å². The molecule has 0 amide bonds. The number of hydrogen-bond donors (Lipinski definition) is 1. The predicted molar refractivity (Wildman–Crippen MR) is 66.3 cm³/mol. The molecule has 0 aliphatic carbocycles. The molecule has 0 heterocycles. The summed E-state index contributed by atoms with van der Waals surface area (Å²) in [5.41, 5.74) is 6.67. The van der Waals surface area contributed by atoms with Crippen molar-refractivity contribution in [2.45, 2.75) is 0 Å². The number of anilines is 1. The van der Waals surface area contributed by atoms with Gasteiger partial charge in [0.25, 0.3) is 0 Å². The molecular weight excluding hydrogens is 248 g/mol. The first-order chi connectivity index (χ1) is 7.59. The van der Waals surface area contributed by atoms with E-state index in [1.165, 1.54) is 12.1 Å². The highest BCUT2D eigenvalue weighted by atomic mass is 35.5. The van der Waals surface area contributed by atoms with Gasteiger partial charge in [-0.05, 0) is 18.2 Å². The molecular formula is C12H8Cl2FN. The molecule has 82 valence electrons. The van der Waals surface area contributed by atoms with Crippen molar-refractivity contribution in [3.8, 4) is 11.1 Å². The van der Waals surface area contributed by atoms with E-state index >= 15 is 0 Å². The van der Waals surface area contributed by atoms with Crippen LogP contribution in [0.1, 0.15) is 0 Å². The van der Waals surface area contributed by atoms with Crippen molar-refractivity contribution in [1.82, 2.24) is 0 Å². The molecule has 0 bridgehead atoms. The molecule has 16 heavy (non-hydrogen) atoms. The Morgan fingerprint density at radius 3 is 2.31 bits per heavy atom. The van der Waals surface area contributed by atoms with Crippen molar-refractivity contribution in [2.75, 3.05) is 5.73 Å². The van der Waals surface area contributed by atoms with Gasteiger partial charge in [0.1, 0.15) is 5.82 Å². The lowest BCUT2D eigenvalue weighted by Crippen LogP contribution is -1.91. The Hall–Kier alpha value is -1.25. The molecule has 0 unspecified atom stereocenters. The summed E-state index contributed by atoms with van der Waals surface area (Å²) in [6, 6.07) is 9.66. The fourth-order valence-electron chi connectivity index (χ4n) is 1.45. The van der Waals surface area contributed by atoms with Gasteiger partial charge in [0.05, 0.1) is 10.7 Å². The molecule has 0 aliphatic rings. The Labute approximate surface area is 103 Å². The lowest BCUT2D eigenvalue weighted by Gasteiger charge is -2.07. The van der Waals surface area contributed by atoms with Crippen LogP contribution in [0.4, 0.5) is 10.1 Å². The Kier molecular flexibility index (Phi) is 3.03. The van der Waals surface area contributed by atoms with Crippen LogP contribution in [0.3, 0.4) is 0 Å². The van der Waals surface area contributed by atoms with E-state index in [2.05, 4.69) is 0 Å². The largest absolute Gasteiger partial charge is 0.397 e. The minimum Gasteiger partial charge on any atom is -0.397 e. The van der Waals surface area contributed by atoms with E-state index in [0.717, 1.165) is 0 Å². The highest BCUT2D eigenvalue weighted by Gasteiger charge is 2.11. The van der Waals surface area contributed by atoms with Crippen LogP contribution in [0.15, 0.2) is 36.4 Å². The normalized spacial score (nSPS) is 10.4. The Morgan fingerprint density at radius 1 is 0.938 bits per heavy atom. The van der Waals surface area contributed by atoms with Crippen molar-refractivity contribution < 1.29 is 4.39 Å². The molecule has 2 N–H and O–H groups in total. The van der Waals surface area contributed by atoms with E-state index in [1.54, 1.807) is 24.3 Å². The van der Waals surface area contributed by atoms with Gasteiger partial charge in [-0.25, -0.2) is 4.39 Å². The van der Waals surface area contributed by atoms with Crippen LogP contribution in [0.5, 0.6) is 0 Å². The summed E-state index contributed by atoms with van der Waals surface area (Å²) in [5.74, 6) is -0.435. The molecule has 0 fully saturated rings. The molecule has 2 aromatic carbocycles. The quantitative estimate of drug-likeness (QED) is 0.752. The SMILES string of the molecule is Nc1cc(F)c(-c2ccccc2Cl)cc1Cl. The molecule has 0 aromatic heterocycles.